The first-order valence-corrected chi connectivity index (χ1v) is 5.37. The van der Waals surface area contributed by atoms with Crippen LogP contribution in [0.2, 0.25) is 0 Å². The minimum absolute atomic E-state index is 0.175. The lowest BCUT2D eigenvalue weighted by Gasteiger charge is -1.95. The predicted octanol–water partition coefficient (Wildman–Crippen LogP) is 3.20. The van der Waals surface area contributed by atoms with Gasteiger partial charge in [-0.2, -0.15) is 4.57 Å². The van der Waals surface area contributed by atoms with Crippen molar-refractivity contribution in [1.29, 1.82) is 0 Å². The molecule has 0 N–H and O–H groups in total. The number of allylic oxidation sites excluding steroid dienone is 1. The summed E-state index contributed by atoms with van der Waals surface area (Å²) in [6.45, 7) is 1.80. The van der Waals surface area contributed by atoms with E-state index in [4.69, 9.17) is 0 Å². The van der Waals surface area contributed by atoms with Crippen LogP contribution < -0.4 is 0 Å². The van der Waals surface area contributed by atoms with Crippen LogP contribution in [0.3, 0.4) is 0 Å². The van der Waals surface area contributed by atoms with E-state index in [0.717, 1.165) is 4.47 Å². The molecule has 2 aromatic rings. The molecule has 0 unspecified atom stereocenters. The number of nitro groups is 1. The monoisotopic (exact) mass is 281 g/mol. The second-order valence-electron chi connectivity index (χ2n) is 3.15. The Balaban J connectivity index is 2.82. The number of nitrogens with zero attached hydrogens (tertiary/aromatic N) is 3. The maximum absolute atomic E-state index is 10.8. The van der Waals surface area contributed by atoms with E-state index < -0.39 is 4.92 Å². The third kappa shape index (κ3) is 1.71. The Morgan fingerprint density at radius 2 is 2.31 bits per heavy atom. The average molecular weight is 282 g/mol. The zero-order valence-electron chi connectivity index (χ0n) is 8.42. The molecule has 16 heavy (non-hydrogen) atoms. The molecule has 6 heteroatoms. The minimum atomic E-state index is -0.492. The molecule has 1 aromatic heterocycles. The maximum atomic E-state index is 10.8. The summed E-state index contributed by atoms with van der Waals surface area (Å²) in [6, 6.07) is 5.35. The van der Waals surface area contributed by atoms with E-state index in [9.17, 15) is 10.1 Å². The predicted molar refractivity (Wildman–Crippen MR) is 65.1 cm³/mol. The Morgan fingerprint density at radius 1 is 1.56 bits per heavy atom. The highest BCUT2D eigenvalue weighted by molar-refractivity contribution is 9.10. The van der Waals surface area contributed by atoms with E-state index in [1.54, 1.807) is 37.4 Å². The molecule has 0 saturated heterocycles. The van der Waals surface area contributed by atoms with Crippen molar-refractivity contribution in [1.82, 2.24) is 9.55 Å². The first-order chi connectivity index (χ1) is 7.63. The van der Waals surface area contributed by atoms with Gasteiger partial charge in [0.2, 0.25) is 0 Å². The zero-order valence-corrected chi connectivity index (χ0v) is 10.0. The van der Waals surface area contributed by atoms with Crippen molar-refractivity contribution in [3.05, 3.63) is 38.9 Å². The summed E-state index contributed by atoms with van der Waals surface area (Å²) in [7, 11) is 0. The third-order valence-electron chi connectivity index (χ3n) is 2.09. The maximum Gasteiger partial charge on any atom is 0.440 e. The highest BCUT2D eigenvalue weighted by Crippen LogP contribution is 2.24. The van der Waals surface area contributed by atoms with E-state index >= 15 is 0 Å². The topological polar surface area (TPSA) is 61.0 Å². The van der Waals surface area contributed by atoms with Crippen molar-refractivity contribution >= 4 is 39.1 Å². The lowest BCUT2D eigenvalue weighted by molar-refractivity contribution is -0.395. The van der Waals surface area contributed by atoms with Crippen LogP contribution in [0.25, 0.3) is 17.2 Å². The van der Waals surface area contributed by atoms with Crippen LogP contribution in [0.15, 0.2) is 28.7 Å². The number of fused-ring (bicyclic) bond motifs is 1. The number of hydrogen-bond donors (Lipinski definition) is 0. The van der Waals surface area contributed by atoms with E-state index in [2.05, 4.69) is 20.9 Å². The largest absolute Gasteiger partial charge is 0.440 e. The van der Waals surface area contributed by atoms with Crippen molar-refractivity contribution < 1.29 is 4.92 Å². The van der Waals surface area contributed by atoms with E-state index in [-0.39, 0.29) is 5.95 Å². The number of benzene rings is 1. The molecule has 0 bridgehead atoms. The van der Waals surface area contributed by atoms with Gasteiger partial charge in [0.15, 0.2) is 11.0 Å². The lowest BCUT2D eigenvalue weighted by atomic mass is 10.3. The SMILES string of the molecule is C/C=C/n1c([N+](=O)[O-])nc2ccc(Br)cc21. The first kappa shape index (κ1) is 10.8. The van der Waals surface area contributed by atoms with Crippen molar-refractivity contribution in [3.8, 4) is 0 Å². The fourth-order valence-electron chi connectivity index (χ4n) is 1.48. The molecule has 0 spiro atoms. The molecule has 1 heterocycles. The fraction of sp³-hybridized carbons (Fsp3) is 0.100. The molecule has 1 aromatic carbocycles. The van der Waals surface area contributed by atoms with Crippen molar-refractivity contribution in [2.24, 2.45) is 0 Å². The fourth-order valence-corrected chi connectivity index (χ4v) is 1.83. The molecule has 0 aliphatic carbocycles. The number of aromatic nitrogens is 2. The molecule has 0 fully saturated rings. The highest BCUT2D eigenvalue weighted by Gasteiger charge is 2.19. The van der Waals surface area contributed by atoms with Crippen LogP contribution in [0.1, 0.15) is 6.92 Å². The molecular formula is C10H8BrN3O2. The average Bonchev–Trinajstić information content (AvgIpc) is 2.58. The van der Waals surface area contributed by atoms with Crippen LogP contribution in [-0.2, 0) is 0 Å². The Hall–Kier alpha value is -1.69. The van der Waals surface area contributed by atoms with Gasteiger partial charge in [0.1, 0.15) is 0 Å². The second kappa shape index (κ2) is 4.05. The second-order valence-corrected chi connectivity index (χ2v) is 4.07. The third-order valence-corrected chi connectivity index (χ3v) is 2.59. The molecule has 2 rings (SSSR count). The van der Waals surface area contributed by atoms with Crippen LogP contribution in [0.5, 0.6) is 0 Å². The normalized spacial score (nSPS) is 11.4. The highest BCUT2D eigenvalue weighted by atomic mass is 79.9. The summed E-state index contributed by atoms with van der Waals surface area (Å²) < 4.78 is 2.32. The van der Waals surface area contributed by atoms with Gasteiger partial charge in [-0.05, 0) is 30.0 Å². The van der Waals surface area contributed by atoms with Gasteiger partial charge in [0, 0.05) is 4.47 Å². The Kier molecular flexibility index (Phi) is 2.74. The number of rotatable bonds is 2. The summed E-state index contributed by atoms with van der Waals surface area (Å²) >= 11 is 3.33. The number of hydrogen-bond acceptors (Lipinski definition) is 3. The van der Waals surface area contributed by atoms with Gasteiger partial charge in [-0.1, -0.05) is 27.0 Å². The Bertz CT molecular complexity index is 589. The van der Waals surface area contributed by atoms with Crippen LogP contribution in [0.4, 0.5) is 5.95 Å². The summed E-state index contributed by atoms with van der Waals surface area (Å²) in [5.41, 5.74) is 1.31. The molecule has 0 amide bonds. The Morgan fingerprint density at radius 3 is 2.94 bits per heavy atom. The zero-order chi connectivity index (χ0) is 11.7. The molecule has 0 saturated carbocycles. The standard InChI is InChI=1S/C10H8BrN3O2/c1-2-5-13-9-6-7(11)3-4-8(9)12-10(13)14(15)16/h2-6H,1H3/b5-2+. The molecule has 0 atom stereocenters. The van der Waals surface area contributed by atoms with Gasteiger partial charge >= 0.3 is 5.95 Å². The van der Waals surface area contributed by atoms with Gasteiger partial charge in [-0.15, -0.1) is 0 Å². The van der Waals surface area contributed by atoms with Crippen LogP contribution in [-0.4, -0.2) is 14.5 Å². The molecule has 0 radical (unpaired) electrons. The van der Waals surface area contributed by atoms with Crippen molar-refractivity contribution in [2.45, 2.75) is 6.92 Å². The molecule has 0 aliphatic heterocycles. The quantitative estimate of drug-likeness (QED) is 0.627. The lowest BCUT2D eigenvalue weighted by Crippen LogP contribution is -1.96. The van der Waals surface area contributed by atoms with E-state index in [0.29, 0.717) is 11.0 Å². The van der Waals surface area contributed by atoms with Crippen molar-refractivity contribution in [3.63, 3.8) is 0 Å². The van der Waals surface area contributed by atoms with Crippen molar-refractivity contribution in [2.75, 3.05) is 0 Å². The van der Waals surface area contributed by atoms with E-state index in [1.807, 2.05) is 0 Å². The van der Waals surface area contributed by atoms with Gasteiger partial charge in [-0.3, -0.25) is 0 Å². The molecular weight excluding hydrogens is 274 g/mol. The smallest absolute Gasteiger partial charge is 0.390 e. The summed E-state index contributed by atoms with van der Waals surface area (Å²) in [4.78, 5) is 14.3. The first-order valence-electron chi connectivity index (χ1n) is 4.58. The molecule has 82 valence electrons. The minimum Gasteiger partial charge on any atom is -0.390 e. The molecule has 0 aliphatic rings. The van der Waals surface area contributed by atoms with Gasteiger partial charge in [0.05, 0.1) is 6.20 Å². The van der Waals surface area contributed by atoms with Gasteiger partial charge in [0.25, 0.3) is 0 Å². The molecule has 5 nitrogen and oxygen atoms in total. The van der Waals surface area contributed by atoms with Crippen LogP contribution >= 0.6 is 15.9 Å². The van der Waals surface area contributed by atoms with Crippen LogP contribution in [0, 0.1) is 10.1 Å². The number of halogens is 1. The summed E-state index contributed by atoms with van der Waals surface area (Å²) in [6.07, 6.45) is 3.36. The number of imidazole rings is 1. The summed E-state index contributed by atoms with van der Waals surface area (Å²) in [5, 5.41) is 10.8. The summed E-state index contributed by atoms with van der Waals surface area (Å²) in [5.74, 6) is -0.175. The van der Waals surface area contributed by atoms with Gasteiger partial charge in [-0.25, -0.2) is 0 Å². The Labute approximate surface area is 99.7 Å². The van der Waals surface area contributed by atoms with E-state index in [1.165, 1.54) is 4.57 Å². The van der Waals surface area contributed by atoms with Gasteiger partial charge < -0.3 is 10.1 Å².